The van der Waals surface area contributed by atoms with Gasteiger partial charge in [-0.1, -0.05) is 18.2 Å². The molecule has 1 N–H and O–H groups in total. The molecule has 0 radical (unpaired) electrons. The second-order valence-electron chi connectivity index (χ2n) is 6.87. The van der Waals surface area contributed by atoms with E-state index in [9.17, 15) is 9.90 Å². The minimum atomic E-state index is 0.0831. The molecule has 1 aliphatic heterocycles. The Hall–Kier alpha value is -2.79. The van der Waals surface area contributed by atoms with Crippen LogP contribution in [0, 0.1) is 13.8 Å². The Morgan fingerprint density at radius 3 is 2.37 bits per heavy atom. The van der Waals surface area contributed by atoms with Crippen LogP contribution < -0.4 is 0 Å². The zero-order valence-corrected chi connectivity index (χ0v) is 16.3. The Morgan fingerprint density at radius 1 is 1.04 bits per heavy atom. The summed E-state index contributed by atoms with van der Waals surface area (Å²) in [4.78, 5) is 15.1. The number of aromatic nitrogens is 1. The molecule has 0 saturated carbocycles. The van der Waals surface area contributed by atoms with E-state index >= 15 is 0 Å². The second kappa shape index (κ2) is 7.08. The third kappa shape index (κ3) is 3.30. The standard InChI is InChI=1S/C22H22N2O2S/c1-15-3-4-16(2)24(15)22-20(11-14-27-22)21(26)23-12-9-18(10-13-23)17-5-7-19(25)8-6-17/h3-9,11,14,25H,10,12-13H2,1-2H3. The molecule has 1 aliphatic rings. The van der Waals surface area contributed by atoms with Crippen molar-refractivity contribution in [3.63, 3.8) is 0 Å². The van der Waals surface area contributed by atoms with Crippen LogP contribution in [0.4, 0.5) is 0 Å². The number of benzene rings is 1. The van der Waals surface area contributed by atoms with Gasteiger partial charge in [-0.05, 0) is 67.1 Å². The first-order valence-electron chi connectivity index (χ1n) is 9.05. The first-order valence-corrected chi connectivity index (χ1v) is 9.93. The molecule has 0 aliphatic carbocycles. The van der Waals surface area contributed by atoms with Gasteiger partial charge in [-0.2, -0.15) is 0 Å². The lowest BCUT2D eigenvalue weighted by molar-refractivity contribution is 0.0773. The molecule has 5 heteroatoms. The summed E-state index contributed by atoms with van der Waals surface area (Å²) in [5.41, 5.74) is 5.37. The van der Waals surface area contributed by atoms with E-state index in [-0.39, 0.29) is 11.7 Å². The van der Waals surface area contributed by atoms with Gasteiger partial charge in [0.2, 0.25) is 0 Å². The predicted octanol–water partition coefficient (Wildman–Crippen LogP) is 4.79. The van der Waals surface area contributed by atoms with Crippen LogP contribution in [0.5, 0.6) is 5.75 Å². The van der Waals surface area contributed by atoms with E-state index < -0.39 is 0 Å². The number of amides is 1. The highest BCUT2D eigenvalue weighted by molar-refractivity contribution is 7.13. The molecule has 138 valence electrons. The van der Waals surface area contributed by atoms with Crippen LogP contribution in [-0.2, 0) is 0 Å². The molecule has 2 aromatic heterocycles. The zero-order valence-electron chi connectivity index (χ0n) is 15.5. The highest BCUT2D eigenvalue weighted by Gasteiger charge is 2.23. The minimum Gasteiger partial charge on any atom is -0.508 e. The summed E-state index contributed by atoms with van der Waals surface area (Å²) in [6.45, 7) is 5.43. The van der Waals surface area contributed by atoms with Gasteiger partial charge in [0.05, 0.1) is 5.56 Å². The molecule has 1 amide bonds. The molecular formula is C22H22N2O2S. The normalized spacial score (nSPS) is 14.3. The van der Waals surface area contributed by atoms with Crippen LogP contribution in [-0.4, -0.2) is 33.6 Å². The third-order valence-corrected chi connectivity index (χ3v) is 5.98. The lowest BCUT2D eigenvalue weighted by Crippen LogP contribution is -2.35. The molecule has 0 bridgehead atoms. The number of phenolic OH excluding ortho intramolecular Hbond substituents is 1. The highest BCUT2D eigenvalue weighted by atomic mass is 32.1. The number of phenols is 1. The quantitative estimate of drug-likeness (QED) is 0.712. The van der Waals surface area contributed by atoms with Crippen molar-refractivity contribution in [1.82, 2.24) is 9.47 Å². The molecule has 0 fully saturated rings. The van der Waals surface area contributed by atoms with Gasteiger partial charge in [0.15, 0.2) is 0 Å². The lowest BCUT2D eigenvalue weighted by Gasteiger charge is -2.27. The Balaban J connectivity index is 1.56. The number of nitrogens with zero attached hydrogens (tertiary/aromatic N) is 2. The van der Waals surface area contributed by atoms with Crippen molar-refractivity contribution in [2.24, 2.45) is 0 Å². The van der Waals surface area contributed by atoms with Crippen LogP contribution in [0.3, 0.4) is 0 Å². The monoisotopic (exact) mass is 378 g/mol. The molecule has 4 rings (SSSR count). The van der Waals surface area contributed by atoms with Gasteiger partial charge in [0.25, 0.3) is 5.91 Å². The molecule has 27 heavy (non-hydrogen) atoms. The summed E-state index contributed by atoms with van der Waals surface area (Å²) in [6, 6.07) is 13.3. The molecule has 3 aromatic rings. The van der Waals surface area contributed by atoms with Crippen LogP contribution in [0.1, 0.15) is 33.7 Å². The fourth-order valence-corrected chi connectivity index (χ4v) is 4.60. The summed E-state index contributed by atoms with van der Waals surface area (Å²) in [5.74, 6) is 0.354. The number of aromatic hydroxyl groups is 1. The van der Waals surface area contributed by atoms with Gasteiger partial charge >= 0.3 is 0 Å². The molecule has 0 atom stereocenters. The Bertz CT molecular complexity index is 992. The number of carbonyl (C=O) groups is 1. The zero-order chi connectivity index (χ0) is 19.0. The average molecular weight is 378 g/mol. The van der Waals surface area contributed by atoms with E-state index in [4.69, 9.17) is 0 Å². The molecule has 0 spiro atoms. The first-order chi connectivity index (χ1) is 13.0. The third-order valence-electron chi connectivity index (χ3n) is 5.08. The summed E-state index contributed by atoms with van der Waals surface area (Å²) < 4.78 is 2.15. The fourth-order valence-electron chi connectivity index (χ4n) is 3.59. The number of rotatable bonds is 3. The van der Waals surface area contributed by atoms with E-state index in [0.717, 1.165) is 33.9 Å². The fraction of sp³-hybridized carbons (Fsp3) is 0.227. The maximum atomic E-state index is 13.1. The van der Waals surface area contributed by atoms with Crippen LogP contribution in [0.25, 0.3) is 10.6 Å². The number of aryl methyl sites for hydroxylation is 2. The first kappa shape index (κ1) is 17.6. The van der Waals surface area contributed by atoms with Crippen molar-refractivity contribution in [2.75, 3.05) is 13.1 Å². The second-order valence-corrected chi connectivity index (χ2v) is 7.76. The SMILES string of the molecule is Cc1ccc(C)n1-c1sccc1C(=O)N1CC=C(c2ccc(O)cc2)CC1. The largest absolute Gasteiger partial charge is 0.508 e. The summed E-state index contributed by atoms with van der Waals surface area (Å²) >= 11 is 1.60. The minimum absolute atomic E-state index is 0.0831. The van der Waals surface area contributed by atoms with Crippen molar-refractivity contribution in [3.8, 4) is 10.8 Å². The number of carbonyl (C=O) groups excluding carboxylic acids is 1. The molecule has 3 heterocycles. The number of thiophene rings is 1. The van der Waals surface area contributed by atoms with Crippen molar-refractivity contribution < 1.29 is 9.90 Å². The summed E-state index contributed by atoms with van der Waals surface area (Å²) in [6.07, 6.45) is 2.93. The van der Waals surface area contributed by atoms with Crippen molar-refractivity contribution >= 4 is 22.8 Å². The van der Waals surface area contributed by atoms with E-state index in [2.05, 4.69) is 36.6 Å². The van der Waals surface area contributed by atoms with Gasteiger partial charge in [-0.3, -0.25) is 4.79 Å². The lowest BCUT2D eigenvalue weighted by atomic mass is 9.99. The Kier molecular flexibility index (Phi) is 4.62. The Labute approximate surface area is 163 Å². The van der Waals surface area contributed by atoms with Gasteiger partial charge in [-0.15, -0.1) is 11.3 Å². The maximum Gasteiger partial charge on any atom is 0.257 e. The van der Waals surface area contributed by atoms with Crippen molar-refractivity contribution in [1.29, 1.82) is 0 Å². The number of hydrogen-bond acceptors (Lipinski definition) is 3. The highest BCUT2D eigenvalue weighted by Crippen LogP contribution is 2.29. The molecule has 1 aromatic carbocycles. The van der Waals surface area contributed by atoms with E-state index in [0.29, 0.717) is 13.1 Å². The van der Waals surface area contributed by atoms with Gasteiger partial charge in [0, 0.05) is 24.5 Å². The van der Waals surface area contributed by atoms with Crippen molar-refractivity contribution in [3.05, 3.63) is 76.4 Å². The molecular weight excluding hydrogens is 356 g/mol. The molecule has 4 nitrogen and oxygen atoms in total. The Morgan fingerprint density at radius 2 is 1.74 bits per heavy atom. The summed E-state index contributed by atoms with van der Waals surface area (Å²) in [5, 5.41) is 12.4. The van der Waals surface area contributed by atoms with Crippen LogP contribution in [0.2, 0.25) is 0 Å². The average Bonchev–Trinajstić information content (AvgIpc) is 3.28. The topological polar surface area (TPSA) is 45.5 Å². The van der Waals surface area contributed by atoms with E-state index in [1.807, 2.05) is 28.5 Å². The van der Waals surface area contributed by atoms with E-state index in [1.165, 1.54) is 5.57 Å². The summed E-state index contributed by atoms with van der Waals surface area (Å²) in [7, 11) is 0. The van der Waals surface area contributed by atoms with Gasteiger partial charge in [-0.25, -0.2) is 0 Å². The van der Waals surface area contributed by atoms with Gasteiger partial charge < -0.3 is 14.6 Å². The molecule has 0 unspecified atom stereocenters. The smallest absolute Gasteiger partial charge is 0.257 e. The predicted molar refractivity (Wildman–Crippen MR) is 110 cm³/mol. The van der Waals surface area contributed by atoms with Crippen molar-refractivity contribution in [2.45, 2.75) is 20.3 Å². The van der Waals surface area contributed by atoms with Crippen LogP contribution in [0.15, 0.2) is 53.9 Å². The number of hydrogen-bond donors (Lipinski definition) is 1. The maximum absolute atomic E-state index is 13.1. The van der Waals surface area contributed by atoms with Gasteiger partial charge in [0.1, 0.15) is 10.8 Å². The van der Waals surface area contributed by atoms with Crippen LogP contribution >= 0.6 is 11.3 Å². The van der Waals surface area contributed by atoms with E-state index in [1.54, 1.807) is 23.5 Å². The molecule has 0 saturated heterocycles.